The third-order valence-corrected chi connectivity index (χ3v) is 8.95. The SMILES string of the molecule is CCCCC(CC)CN(CC)c1cc(C)c(N=Nc2nc3ccc(C(=O)c4c(C)cc(C)cc4C)cc3s2)cc1C. The van der Waals surface area contributed by atoms with Gasteiger partial charge in [0.25, 0.3) is 0 Å². The number of azo groups is 1. The Morgan fingerprint density at radius 2 is 1.63 bits per heavy atom. The van der Waals surface area contributed by atoms with Gasteiger partial charge in [-0.3, -0.25) is 4.79 Å². The van der Waals surface area contributed by atoms with Gasteiger partial charge < -0.3 is 4.90 Å². The van der Waals surface area contributed by atoms with Gasteiger partial charge in [-0.2, -0.15) is 0 Å². The minimum atomic E-state index is 0.0430. The van der Waals surface area contributed by atoms with Crippen LogP contribution in [0, 0.1) is 40.5 Å². The Hall–Kier alpha value is -3.38. The molecule has 4 rings (SSSR count). The molecular weight excluding hydrogens is 524 g/mol. The fourth-order valence-electron chi connectivity index (χ4n) is 5.74. The van der Waals surface area contributed by atoms with Gasteiger partial charge in [-0.1, -0.05) is 62.1 Å². The number of carbonyl (C=O) groups excluding carboxylic acids is 1. The van der Waals surface area contributed by atoms with E-state index in [-0.39, 0.29) is 5.78 Å². The number of fused-ring (bicyclic) bond motifs is 1. The highest BCUT2D eigenvalue weighted by Crippen LogP contribution is 2.34. The summed E-state index contributed by atoms with van der Waals surface area (Å²) in [5, 5.41) is 9.70. The number of thiazole rings is 1. The Bertz CT molecular complexity index is 1550. The van der Waals surface area contributed by atoms with Crippen LogP contribution in [0.15, 0.2) is 52.7 Å². The minimum Gasteiger partial charge on any atom is -0.371 e. The van der Waals surface area contributed by atoms with E-state index in [9.17, 15) is 4.79 Å². The first-order valence-electron chi connectivity index (χ1n) is 15.0. The molecule has 0 aliphatic carbocycles. The number of ketones is 1. The zero-order valence-corrected chi connectivity index (χ0v) is 26.8. The van der Waals surface area contributed by atoms with Crippen molar-refractivity contribution >= 4 is 43.8 Å². The fourth-order valence-corrected chi connectivity index (χ4v) is 6.56. The zero-order chi connectivity index (χ0) is 29.7. The number of unbranched alkanes of at least 4 members (excludes halogenated alkanes) is 1. The summed E-state index contributed by atoms with van der Waals surface area (Å²) >= 11 is 1.46. The number of aryl methyl sites for hydroxylation is 5. The van der Waals surface area contributed by atoms with E-state index in [0.717, 1.165) is 51.2 Å². The van der Waals surface area contributed by atoms with Gasteiger partial charge in [-0.05, 0) is 106 Å². The highest BCUT2D eigenvalue weighted by molar-refractivity contribution is 7.21. The van der Waals surface area contributed by atoms with Gasteiger partial charge in [-0.15, -0.1) is 10.2 Å². The lowest BCUT2D eigenvalue weighted by atomic mass is 9.93. The molecule has 0 fully saturated rings. The minimum absolute atomic E-state index is 0.0430. The molecule has 41 heavy (non-hydrogen) atoms. The van der Waals surface area contributed by atoms with Crippen LogP contribution in [0.2, 0.25) is 0 Å². The second-order valence-electron chi connectivity index (χ2n) is 11.4. The molecule has 1 aromatic heterocycles. The molecule has 0 aliphatic heterocycles. The van der Waals surface area contributed by atoms with E-state index in [1.807, 2.05) is 32.0 Å². The van der Waals surface area contributed by atoms with E-state index in [0.29, 0.717) is 16.6 Å². The number of hydrogen-bond donors (Lipinski definition) is 0. The maximum Gasteiger partial charge on any atom is 0.231 e. The summed E-state index contributed by atoms with van der Waals surface area (Å²) < 4.78 is 0.933. The van der Waals surface area contributed by atoms with Crippen molar-refractivity contribution in [3.63, 3.8) is 0 Å². The molecule has 1 heterocycles. The molecule has 0 N–H and O–H groups in total. The number of rotatable bonds is 12. The van der Waals surface area contributed by atoms with Crippen LogP contribution in [0.25, 0.3) is 10.2 Å². The summed E-state index contributed by atoms with van der Waals surface area (Å²) in [6, 6.07) is 14.2. The Kier molecular flexibility index (Phi) is 10.1. The summed E-state index contributed by atoms with van der Waals surface area (Å²) in [6.45, 7) is 19.2. The molecular formula is C35H44N4OS. The average molecular weight is 569 g/mol. The summed E-state index contributed by atoms with van der Waals surface area (Å²) in [5.41, 5.74) is 9.92. The predicted octanol–water partition coefficient (Wildman–Crippen LogP) is 10.5. The van der Waals surface area contributed by atoms with Crippen molar-refractivity contribution < 1.29 is 4.79 Å². The molecule has 0 saturated heterocycles. The number of aromatic nitrogens is 1. The Labute approximate surface area is 249 Å². The van der Waals surface area contributed by atoms with Gasteiger partial charge in [0.1, 0.15) is 0 Å². The van der Waals surface area contributed by atoms with Crippen LogP contribution in [0.4, 0.5) is 16.5 Å². The summed E-state index contributed by atoms with van der Waals surface area (Å²) in [7, 11) is 0. The van der Waals surface area contributed by atoms with E-state index < -0.39 is 0 Å². The highest BCUT2D eigenvalue weighted by atomic mass is 32.1. The summed E-state index contributed by atoms with van der Waals surface area (Å²) in [4.78, 5) is 20.6. The van der Waals surface area contributed by atoms with E-state index in [2.05, 4.69) is 85.9 Å². The number of benzene rings is 3. The number of anilines is 1. The van der Waals surface area contributed by atoms with Crippen LogP contribution in [0.1, 0.15) is 90.2 Å². The van der Waals surface area contributed by atoms with Crippen LogP contribution in [0.5, 0.6) is 0 Å². The van der Waals surface area contributed by atoms with Gasteiger partial charge >= 0.3 is 0 Å². The van der Waals surface area contributed by atoms with Crippen LogP contribution in [-0.2, 0) is 0 Å². The molecule has 3 aromatic carbocycles. The quantitative estimate of drug-likeness (QED) is 0.126. The molecule has 0 radical (unpaired) electrons. The molecule has 0 amide bonds. The van der Waals surface area contributed by atoms with Crippen LogP contribution < -0.4 is 4.90 Å². The van der Waals surface area contributed by atoms with Crippen LogP contribution >= 0.6 is 11.3 Å². The maximum absolute atomic E-state index is 13.4. The van der Waals surface area contributed by atoms with Crippen LogP contribution in [-0.4, -0.2) is 23.9 Å². The summed E-state index contributed by atoms with van der Waals surface area (Å²) in [6.07, 6.45) is 5.05. The maximum atomic E-state index is 13.4. The van der Waals surface area contributed by atoms with E-state index in [1.54, 1.807) is 0 Å². The smallest absolute Gasteiger partial charge is 0.231 e. The molecule has 0 bridgehead atoms. The Morgan fingerprint density at radius 3 is 2.29 bits per heavy atom. The van der Waals surface area contributed by atoms with Gasteiger partial charge in [0.15, 0.2) is 5.78 Å². The lowest BCUT2D eigenvalue weighted by Crippen LogP contribution is -2.29. The normalized spacial score (nSPS) is 12.4. The first-order valence-corrected chi connectivity index (χ1v) is 15.8. The monoisotopic (exact) mass is 568 g/mol. The van der Waals surface area contributed by atoms with Crippen LogP contribution in [0.3, 0.4) is 0 Å². The molecule has 1 atom stereocenters. The van der Waals surface area contributed by atoms with Gasteiger partial charge in [0.05, 0.1) is 15.9 Å². The standard InChI is InChI=1S/C35H44N4OS/c1-9-12-13-27(10-2)21-39(11-3)31-19-23(5)30(18-24(31)6)37-38-35-36-29-15-14-28(20-32(29)41-35)34(40)33-25(7)16-22(4)17-26(33)8/h14-20,27H,9-13,21H2,1-8H3. The van der Waals surface area contributed by atoms with Crippen molar-refractivity contribution in [2.24, 2.45) is 16.1 Å². The molecule has 5 nitrogen and oxygen atoms in total. The molecule has 6 heteroatoms. The molecule has 0 spiro atoms. The first-order chi connectivity index (χ1) is 19.6. The molecule has 1 unspecified atom stereocenters. The summed E-state index contributed by atoms with van der Waals surface area (Å²) in [5.74, 6) is 0.759. The third-order valence-electron chi connectivity index (χ3n) is 8.05. The third kappa shape index (κ3) is 7.10. The zero-order valence-electron chi connectivity index (χ0n) is 26.0. The lowest BCUT2D eigenvalue weighted by molar-refractivity contribution is 0.103. The van der Waals surface area contributed by atoms with E-state index in [4.69, 9.17) is 0 Å². The van der Waals surface area contributed by atoms with Gasteiger partial charge in [-0.25, -0.2) is 4.98 Å². The van der Waals surface area contributed by atoms with Crippen molar-refractivity contribution in [3.05, 3.63) is 81.4 Å². The number of nitrogens with zero attached hydrogens (tertiary/aromatic N) is 4. The van der Waals surface area contributed by atoms with Crippen molar-refractivity contribution in [2.45, 2.75) is 81.1 Å². The molecule has 4 aromatic rings. The number of hydrogen-bond acceptors (Lipinski definition) is 6. The second kappa shape index (κ2) is 13.5. The van der Waals surface area contributed by atoms with E-state index in [1.165, 1.54) is 53.8 Å². The predicted molar refractivity (Wildman–Crippen MR) is 175 cm³/mol. The van der Waals surface area contributed by atoms with E-state index >= 15 is 0 Å². The largest absolute Gasteiger partial charge is 0.371 e. The lowest BCUT2D eigenvalue weighted by Gasteiger charge is -2.30. The van der Waals surface area contributed by atoms with Crippen molar-refractivity contribution in [2.75, 3.05) is 18.0 Å². The number of carbonyl (C=O) groups is 1. The fraction of sp³-hybridized carbons (Fsp3) is 0.429. The van der Waals surface area contributed by atoms with Crippen molar-refractivity contribution in [3.8, 4) is 0 Å². The average Bonchev–Trinajstić information content (AvgIpc) is 3.35. The Balaban J connectivity index is 1.55. The second-order valence-corrected chi connectivity index (χ2v) is 12.4. The Morgan fingerprint density at radius 1 is 0.902 bits per heavy atom. The van der Waals surface area contributed by atoms with Gasteiger partial charge in [0, 0.05) is 29.9 Å². The van der Waals surface area contributed by atoms with Gasteiger partial charge in [0.2, 0.25) is 5.13 Å². The molecule has 0 saturated carbocycles. The highest BCUT2D eigenvalue weighted by Gasteiger charge is 2.18. The van der Waals surface area contributed by atoms with Crippen molar-refractivity contribution in [1.82, 2.24) is 4.98 Å². The topological polar surface area (TPSA) is 57.9 Å². The first kappa shape index (κ1) is 30.6. The molecule has 216 valence electrons. The molecule has 0 aliphatic rings. The van der Waals surface area contributed by atoms with Crippen molar-refractivity contribution in [1.29, 1.82) is 0 Å².